The number of hydrogen-bond donors (Lipinski definition) is 3. The molecule has 0 spiro atoms. The molecule has 1 rings (SSSR count). The van der Waals surface area contributed by atoms with Crippen LogP contribution in [0.3, 0.4) is 0 Å². The maximum atomic E-state index is 9.12. The molecule has 0 aliphatic heterocycles. The van der Waals surface area contributed by atoms with E-state index >= 15 is 0 Å². The molecule has 0 aliphatic carbocycles. The minimum atomic E-state index is -0.696. The second-order valence-electron chi connectivity index (χ2n) is 3.88. The van der Waals surface area contributed by atoms with Crippen LogP contribution in [0.2, 0.25) is 0 Å². The van der Waals surface area contributed by atoms with E-state index in [9.17, 15) is 0 Å². The van der Waals surface area contributed by atoms with Crippen LogP contribution in [0.15, 0.2) is 21.2 Å². The van der Waals surface area contributed by atoms with E-state index in [1.54, 1.807) is 6.92 Å². The summed E-state index contributed by atoms with van der Waals surface area (Å²) < 4.78 is 6.04. The zero-order chi connectivity index (χ0) is 11.5. The third kappa shape index (κ3) is 3.31. The maximum Gasteiger partial charge on any atom is 0.169 e. The van der Waals surface area contributed by atoms with Crippen molar-refractivity contribution in [3.05, 3.63) is 22.6 Å². The van der Waals surface area contributed by atoms with E-state index in [2.05, 4.69) is 21.2 Å². The highest BCUT2D eigenvalue weighted by Gasteiger charge is 2.25. The molecule has 0 amide bonds. The fourth-order valence-electron chi connectivity index (χ4n) is 1.30. The van der Waals surface area contributed by atoms with E-state index in [0.717, 1.165) is 5.76 Å². The Morgan fingerprint density at radius 3 is 2.47 bits per heavy atom. The predicted octanol–water partition coefficient (Wildman–Crippen LogP) is 1.44. The first-order valence-corrected chi connectivity index (χ1v) is 5.55. The molecule has 1 aromatic heterocycles. The number of hydrogen-bond acceptors (Lipinski definition) is 4. The van der Waals surface area contributed by atoms with Gasteiger partial charge in [-0.2, -0.15) is 0 Å². The fourth-order valence-corrected chi connectivity index (χ4v) is 1.62. The van der Waals surface area contributed by atoms with Gasteiger partial charge < -0.3 is 14.6 Å². The first-order valence-electron chi connectivity index (χ1n) is 4.75. The largest absolute Gasteiger partial charge is 0.453 e. The van der Waals surface area contributed by atoms with E-state index in [4.69, 9.17) is 14.6 Å². The highest BCUT2D eigenvalue weighted by atomic mass is 79.9. The minimum Gasteiger partial charge on any atom is -0.453 e. The second kappa shape index (κ2) is 5.12. The molecule has 0 bridgehead atoms. The Labute approximate surface area is 97.4 Å². The van der Waals surface area contributed by atoms with Gasteiger partial charge in [0.15, 0.2) is 4.67 Å². The summed E-state index contributed by atoms with van der Waals surface area (Å²) in [5, 5.41) is 21.4. The van der Waals surface area contributed by atoms with E-state index in [0.29, 0.717) is 4.67 Å². The highest BCUT2D eigenvalue weighted by Crippen LogP contribution is 2.21. The summed E-state index contributed by atoms with van der Waals surface area (Å²) in [5.74, 6) is 0.759. The molecule has 5 heteroatoms. The molecular weight excluding hydrogens is 262 g/mol. The molecule has 3 N–H and O–H groups in total. The smallest absolute Gasteiger partial charge is 0.169 e. The number of rotatable bonds is 5. The normalized spacial score (nSPS) is 14.2. The number of nitrogens with one attached hydrogen (secondary N) is 1. The lowest BCUT2D eigenvalue weighted by atomic mass is 10.0. The average Bonchev–Trinajstić information content (AvgIpc) is 2.65. The van der Waals surface area contributed by atoms with Crippen LogP contribution in [-0.2, 0) is 0 Å². The Kier molecular flexibility index (Phi) is 4.33. The summed E-state index contributed by atoms with van der Waals surface area (Å²) in [6, 6.07) is 3.58. The number of aliphatic hydroxyl groups is 2. The Balaban J connectivity index is 2.66. The molecule has 0 aromatic carbocycles. The van der Waals surface area contributed by atoms with Crippen LogP contribution in [0.1, 0.15) is 25.6 Å². The van der Waals surface area contributed by atoms with Gasteiger partial charge in [0.2, 0.25) is 0 Å². The van der Waals surface area contributed by atoms with Crippen LogP contribution < -0.4 is 5.32 Å². The molecule has 0 saturated carbocycles. The van der Waals surface area contributed by atoms with Crippen molar-refractivity contribution in [3.8, 4) is 0 Å². The second-order valence-corrected chi connectivity index (χ2v) is 4.67. The summed E-state index contributed by atoms with van der Waals surface area (Å²) in [6.07, 6.45) is 0. The van der Waals surface area contributed by atoms with Crippen molar-refractivity contribution >= 4 is 15.9 Å². The van der Waals surface area contributed by atoms with E-state index in [1.165, 1.54) is 0 Å². The van der Waals surface area contributed by atoms with Gasteiger partial charge in [0, 0.05) is 0 Å². The van der Waals surface area contributed by atoms with Crippen LogP contribution in [0, 0.1) is 0 Å². The van der Waals surface area contributed by atoms with Crippen molar-refractivity contribution in [2.24, 2.45) is 0 Å². The molecular formula is C10H16BrNO3. The molecule has 1 aromatic rings. The third-order valence-corrected chi connectivity index (χ3v) is 2.71. The Morgan fingerprint density at radius 2 is 2.07 bits per heavy atom. The third-order valence-electron chi connectivity index (χ3n) is 2.28. The molecule has 0 fully saturated rings. The summed E-state index contributed by atoms with van der Waals surface area (Å²) in [7, 11) is 0. The van der Waals surface area contributed by atoms with Crippen molar-refractivity contribution in [1.82, 2.24) is 5.32 Å². The molecule has 1 atom stereocenters. The quantitative estimate of drug-likeness (QED) is 0.762. The van der Waals surface area contributed by atoms with Crippen molar-refractivity contribution in [1.29, 1.82) is 0 Å². The van der Waals surface area contributed by atoms with Gasteiger partial charge in [-0.15, -0.1) is 0 Å². The molecule has 4 nitrogen and oxygen atoms in total. The Bertz CT molecular complexity index is 309. The van der Waals surface area contributed by atoms with Gasteiger partial charge in [0.25, 0.3) is 0 Å². The van der Waals surface area contributed by atoms with Crippen molar-refractivity contribution < 1.29 is 14.6 Å². The summed E-state index contributed by atoms with van der Waals surface area (Å²) in [4.78, 5) is 0. The van der Waals surface area contributed by atoms with Gasteiger partial charge in [-0.05, 0) is 41.9 Å². The molecule has 0 aliphatic rings. The monoisotopic (exact) mass is 277 g/mol. The Morgan fingerprint density at radius 1 is 1.47 bits per heavy atom. The molecule has 0 radical (unpaired) electrons. The van der Waals surface area contributed by atoms with E-state index in [-0.39, 0.29) is 19.3 Å². The lowest BCUT2D eigenvalue weighted by Gasteiger charge is -2.29. The average molecular weight is 278 g/mol. The van der Waals surface area contributed by atoms with Gasteiger partial charge in [-0.1, -0.05) is 0 Å². The van der Waals surface area contributed by atoms with Gasteiger partial charge in [0.1, 0.15) is 5.76 Å². The van der Waals surface area contributed by atoms with Gasteiger partial charge >= 0.3 is 0 Å². The van der Waals surface area contributed by atoms with Crippen molar-refractivity contribution in [2.45, 2.75) is 25.4 Å². The molecule has 1 unspecified atom stereocenters. The molecule has 86 valence electrons. The lowest BCUT2D eigenvalue weighted by Crippen LogP contribution is -2.49. The maximum absolute atomic E-state index is 9.12. The number of aliphatic hydroxyl groups excluding tert-OH is 2. The van der Waals surface area contributed by atoms with Crippen LogP contribution in [-0.4, -0.2) is 29.0 Å². The Hall–Kier alpha value is -0.360. The molecule has 15 heavy (non-hydrogen) atoms. The van der Waals surface area contributed by atoms with Crippen molar-refractivity contribution in [3.63, 3.8) is 0 Å². The summed E-state index contributed by atoms with van der Waals surface area (Å²) >= 11 is 3.22. The topological polar surface area (TPSA) is 65.6 Å². The van der Waals surface area contributed by atoms with Gasteiger partial charge in [-0.3, -0.25) is 5.32 Å². The van der Waals surface area contributed by atoms with Crippen LogP contribution >= 0.6 is 15.9 Å². The number of halogens is 1. The van der Waals surface area contributed by atoms with Crippen molar-refractivity contribution in [2.75, 3.05) is 13.2 Å². The standard InChI is InChI=1S/C10H16BrNO3/c1-7(8-3-4-9(11)15-8)12-10(2,5-13)6-14/h3-4,7,12-14H,5-6H2,1-2H3. The predicted molar refractivity (Wildman–Crippen MR) is 60.5 cm³/mol. The zero-order valence-electron chi connectivity index (χ0n) is 8.83. The SMILES string of the molecule is CC(NC(C)(CO)CO)c1ccc(Br)o1. The lowest BCUT2D eigenvalue weighted by molar-refractivity contribution is 0.0930. The first-order chi connectivity index (χ1) is 7.00. The first kappa shape index (κ1) is 12.7. The van der Waals surface area contributed by atoms with Gasteiger partial charge in [0.05, 0.1) is 24.8 Å². The van der Waals surface area contributed by atoms with Gasteiger partial charge in [-0.25, -0.2) is 0 Å². The molecule has 0 saturated heterocycles. The summed E-state index contributed by atoms with van der Waals surface area (Å²) in [6.45, 7) is 3.40. The van der Waals surface area contributed by atoms with Crippen LogP contribution in [0.25, 0.3) is 0 Å². The minimum absolute atomic E-state index is 0.0689. The van der Waals surface area contributed by atoms with E-state index in [1.807, 2.05) is 19.1 Å². The zero-order valence-corrected chi connectivity index (χ0v) is 10.4. The summed E-state index contributed by atoms with van der Waals surface area (Å²) in [5.41, 5.74) is -0.696. The fraction of sp³-hybridized carbons (Fsp3) is 0.600. The van der Waals surface area contributed by atoms with E-state index < -0.39 is 5.54 Å². The van der Waals surface area contributed by atoms with Crippen LogP contribution in [0.4, 0.5) is 0 Å². The highest BCUT2D eigenvalue weighted by molar-refractivity contribution is 9.10. The van der Waals surface area contributed by atoms with Crippen LogP contribution in [0.5, 0.6) is 0 Å². The number of furan rings is 1. The molecule has 1 heterocycles.